The highest BCUT2D eigenvalue weighted by atomic mass is 127. The molecule has 28 heavy (non-hydrogen) atoms. The van der Waals surface area contributed by atoms with Gasteiger partial charge in [-0.2, -0.15) is 0 Å². The fraction of sp³-hybridized carbons (Fsp3) is 0.0455. The van der Waals surface area contributed by atoms with E-state index in [2.05, 4.69) is 70.0 Å². The van der Waals surface area contributed by atoms with Crippen LogP contribution in [0.2, 0.25) is 0 Å². The summed E-state index contributed by atoms with van der Waals surface area (Å²) in [4.78, 5) is 22.6. The van der Waals surface area contributed by atoms with E-state index in [0.29, 0.717) is 16.1 Å². The SMILES string of the molecule is Cc1nc2c(sc3nc(-c4ccc(I)cc4)cc(-c4ccccc4)c32)c(=O)o1. The minimum Gasteiger partial charge on any atom is -0.408 e. The van der Waals surface area contributed by atoms with E-state index >= 15 is 0 Å². The van der Waals surface area contributed by atoms with Gasteiger partial charge in [0.2, 0.25) is 0 Å². The second-order valence-corrected chi connectivity index (χ2v) is 8.65. The molecule has 0 radical (unpaired) electrons. The average Bonchev–Trinajstić information content (AvgIpc) is 3.07. The Bertz CT molecular complexity index is 1390. The first-order valence-corrected chi connectivity index (χ1v) is 10.6. The van der Waals surface area contributed by atoms with E-state index in [1.165, 1.54) is 14.9 Å². The molecule has 0 amide bonds. The lowest BCUT2D eigenvalue weighted by Crippen LogP contribution is -2.00. The molecule has 0 fully saturated rings. The van der Waals surface area contributed by atoms with Gasteiger partial charge in [-0.05, 0) is 51.9 Å². The quantitative estimate of drug-likeness (QED) is 0.280. The van der Waals surface area contributed by atoms with Crippen LogP contribution in [0.3, 0.4) is 0 Å². The number of hydrogen-bond acceptors (Lipinski definition) is 5. The van der Waals surface area contributed by atoms with Gasteiger partial charge in [-0.15, -0.1) is 11.3 Å². The van der Waals surface area contributed by atoms with Crippen LogP contribution in [0.4, 0.5) is 0 Å². The summed E-state index contributed by atoms with van der Waals surface area (Å²) in [5.41, 5.74) is 4.29. The summed E-state index contributed by atoms with van der Waals surface area (Å²) in [6.45, 7) is 1.69. The Labute approximate surface area is 178 Å². The summed E-state index contributed by atoms with van der Waals surface area (Å²) < 4.78 is 6.88. The van der Waals surface area contributed by atoms with E-state index < -0.39 is 0 Å². The van der Waals surface area contributed by atoms with Crippen LogP contribution in [0, 0.1) is 10.5 Å². The Morgan fingerprint density at radius 3 is 2.46 bits per heavy atom. The molecule has 4 nitrogen and oxygen atoms in total. The molecule has 0 spiro atoms. The topological polar surface area (TPSA) is 56.0 Å². The van der Waals surface area contributed by atoms with Gasteiger partial charge in [0, 0.05) is 21.4 Å². The van der Waals surface area contributed by atoms with E-state index in [1.54, 1.807) is 6.92 Å². The van der Waals surface area contributed by atoms with Crippen molar-refractivity contribution in [3.8, 4) is 22.4 Å². The smallest absolute Gasteiger partial charge is 0.357 e. The molecule has 0 aliphatic carbocycles. The predicted molar refractivity (Wildman–Crippen MR) is 122 cm³/mol. The molecule has 3 heterocycles. The van der Waals surface area contributed by atoms with Gasteiger partial charge in [-0.25, -0.2) is 14.8 Å². The second-order valence-electron chi connectivity index (χ2n) is 6.41. The third-order valence-corrected chi connectivity index (χ3v) is 6.33. The van der Waals surface area contributed by atoms with Crippen molar-refractivity contribution < 1.29 is 4.42 Å². The molecule has 5 rings (SSSR count). The number of fused-ring (bicyclic) bond motifs is 3. The van der Waals surface area contributed by atoms with Crippen LogP contribution in [0.5, 0.6) is 0 Å². The summed E-state index contributed by atoms with van der Waals surface area (Å²) in [6.07, 6.45) is 0. The standard InChI is InChI=1S/C22H13IN2O2S/c1-12-24-19-18-16(13-5-3-2-4-6-13)11-17(14-7-9-15(23)10-8-14)25-21(18)28-20(19)22(26)27-12/h2-11H,1H3. The van der Waals surface area contributed by atoms with Gasteiger partial charge in [0.05, 0.1) is 5.69 Å². The van der Waals surface area contributed by atoms with Gasteiger partial charge in [-0.3, -0.25) is 0 Å². The number of rotatable bonds is 2. The fourth-order valence-corrected chi connectivity index (χ4v) is 4.68. The zero-order chi connectivity index (χ0) is 19.3. The number of hydrogen-bond donors (Lipinski definition) is 0. The number of aromatic nitrogens is 2. The Morgan fingerprint density at radius 1 is 0.964 bits per heavy atom. The van der Waals surface area contributed by atoms with Crippen LogP contribution in [-0.2, 0) is 0 Å². The molecule has 0 aliphatic heterocycles. The maximum absolute atomic E-state index is 12.4. The van der Waals surface area contributed by atoms with Gasteiger partial charge in [0.15, 0.2) is 5.89 Å². The number of thiophene rings is 1. The number of halogens is 1. The zero-order valence-corrected chi connectivity index (χ0v) is 17.7. The molecule has 0 atom stereocenters. The number of aryl methyl sites for hydroxylation is 1. The van der Waals surface area contributed by atoms with Gasteiger partial charge in [0.25, 0.3) is 0 Å². The Balaban J connectivity index is 1.91. The van der Waals surface area contributed by atoms with Crippen LogP contribution in [-0.4, -0.2) is 9.97 Å². The Kier molecular flexibility index (Phi) is 4.25. The van der Waals surface area contributed by atoms with Crippen molar-refractivity contribution in [1.29, 1.82) is 0 Å². The van der Waals surface area contributed by atoms with Crippen molar-refractivity contribution in [2.45, 2.75) is 6.92 Å². The molecule has 136 valence electrons. The summed E-state index contributed by atoms with van der Waals surface area (Å²) in [6, 6.07) is 20.5. The second kappa shape index (κ2) is 6.79. The lowest BCUT2D eigenvalue weighted by Gasteiger charge is -2.08. The molecule has 0 N–H and O–H groups in total. The molecule has 2 aromatic carbocycles. The average molecular weight is 496 g/mol. The number of nitrogens with zero attached hydrogens (tertiary/aromatic N) is 2. The van der Waals surface area contributed by atoms with Crippen LogP contribution in [0.25, 0.3) is 42.8 Å². The first-order valence-electron chi connectivity index (χ1n) is 8.66. The molecule has 0 bridgehead atoms. The fourth-order valence-electron chi connectivity index (χ4n) is 3.30. The number of benzene rings is 2. The largest absolute Gasteiger partial charge is 0.408 e. The van der Waals surface area contributed by atoms with Crippen molar-refractivity contribution in [3.63, 3.8) is 0 Å². The van der Waals surface area contributed by atoms with Gasteiger partial charge in [-0.1, -0.05) is 42.5 Å². The monoisotopic (exact) mass is 496 g/mol. The highest BCUT2D eigenvalue weighted by Gasteiger charge is 2.18. The highest BCUT2D eigenvalue weighted by molar-refractivity contribution is 14.1. The first kappa shape index (κ1) is 17.5. The van der Waals surface area contributed by atoms with E-state index in [1.807, 2.05) is 18.2 Å². The molecular formula is C22H13IN2O2S. The highest BCUT2D eigenvalue weighted by Crippen LogP contribution is 2.39. The molecule has 6 heteroatoms. The van der Waals surface area contributed by atoms with E-state index in [9.17, 15) is 4.79 Å². The van der Waals surface area contributed by atoms with Crippen molar-refractivity contribution in [1.82, 2.24) is 9.97 Å². The van der Waals surface area contributed by atoms with Crippen LogP contribution >= 0.6 is 33.9 Å². The number of pyridine rings is 1. The molecule has 3 aromatic heterocycles. The maximum atomic E-state index is 12.4. The van der Waals surface area contributed by atoms with E-state index in [0.717, 1.165) is 32.6 Å². The lowest BCUT2D eigenvalue weighted by molar-refractivity contribution is 0.468. The zero-order valence-electron chi connectivity index (χ0n) is 14.8. The van der Waals surface area contributed by atoms with Crippen LogP contribution in [0.1, 0.15) is 5.89 Å². The molecule has 0 saturated carbocycles. The normalized spacial score (nSPS) is 11.4. The predicted octanol–water partition coefficient (Wildman–Crippen LogP) is 6.04. The third kappa shape index (κ3) is 2.93. The maximum Gasteiger partial charge on any atom is 0.357 e. The van der Waals surface area contributed by atoms with E-state index in [4.69, 9.17) is 9.40 Å². The van der Waals surface area contributed by atoms with Crippen LogP contribution in [0.15, 0.2) is 69.9 Å². The summed E-state index contributed by atoms with van der Waals surface area (Å²) in [5.74, 6) is 0.359. The molecule has 0 aliphatic rings. The first-order chi connectivity index (χ1) is 13.6. The van der Waals surface area contributed by atoms with Crippen molar-refractivity contribution in [2.24, 2.45) is 0 Å². The van der Waals surface area contributed by atoms with Gasteiger partial charge < -0.3 is 4.42 Å². The Morgan fingerprint density at radius 2 is 1.71 bits per heavy atom. The van der Waals surface area contributed by atoms with Crippen molar-refractivity contribution >= 4 is 54.4 Å². The molecule has 0 saturated heterocycles. The Hall–Kier alpha value is -2.58. The van der Waals surface area contributed by atoms with Crippen molar-refractivity contribution in [2.75, 3.05) is 0 Å². The minimum atomic E-state index is -0.361. The molecule has 5 aromatic rings. The summed E-state index contributed by atoms with van der Waals surface area (Å²) >= 11 is 3.63. The molecule has 0 unspecified atom stereocenters. The summed E-state index contributed by atoms with van der Waals surface area (Å²) in [7, 11) is 0. The van der Waals surface area contributed by atoms with Gasteiger partial charge in [0.1, 0.15) is 15.0 Å². The van der Waals surface area contributed by atoms with Crippen LogP contribution < -0.4 is 5.63 Å². The minimum absolute atomic E-state index is 0.359. The third-order valence-electron chi connectivity index (χ3n) is 4.56. The van der Waals surface area contributed by atoms with Gasteiger partial charge >= 0.3 is 5.63 Å². The van der Waals surface area contributed by atoms with Crippen molar-refractivity contribution in [3.05, 3.63) is 80.5 Å². The lowest BCUT2D eigenvalue weighted by atomic mass is 10.00. The molecular weight excluding hydrogens is 483 g/mol. The summed E-state index contributed by atoms with van der Waals surface area (Å²) in [5, 5.41) is 0.900. The van der Waals surface area contributed by atoms with E-state index in [-0.39, 0.29) is 5.63 Å².